The zero-order valence-corrected chi connectivity index (χ0v) is 21.6. The van der Waals surface area contributed by atoms with Gasteiger partial charge < -0.3 is 15.1 Å². The predicted octanol–water partition coefficient (Wildman–Crippen LogP) is 5.53. The molecule has 2 N–H and O–H groups in total. The Morgan fingerprint density at radius 1 is 0.943 bits per heavy atom. The normalized spacial score (nSPS) is 14.1. The summed E-state index contributed by atoms with van der Waals surface area (Å²) in [5, 5.41) is 7.49. The number of anilines is 3. The number of hydrogen-bond acceptors (Lipinski definition) is 4. The molecule has 2 heterocycles. The molecule has 1 aromatic heterocycles. The van der Waals surface area contributed by atoms with Gasteiger partial charge in [0.05, 0.1) is 10.7 Å². The van der Waals surface area contributed by atoms with Crippen LogP contribution in [-0.2, 0) is 0 Å². The highest BCUT2D eigenvalue weighted by Crippen LogP contribution is 2.25. The van der Waals surface area contributed by atoms with Gasteiger partial charge in [0.15, 0.2) is 0 Å². The molecule has 7 nitrogen and oxygen atoms in total. The minimum absolute atomic E-state index is 0.224. The van der Waals surface area contributed by atoms with Gasteiger partial charge in [0.1, 0.15) is 5.82 Å². The maximum absolute atomic E-state index is 13.3. The van der Waals surface area contributed by atoms with E-state index in [0.717, 1.165) is 30.2 Å². The summed E-state index contributed by atoms with van der Waals surface area (Å²) in [7, 11) is 0. The first-order valence-electron chi connectivity index (χ1n) is 11.0. The molecule has 1 saturated heterocycles. The molecule has 1 aliphatic rings. The third kappa shape index (κ3) is 6.78. The van der Waals surface area contributed by atoms with Crippen LogP contribution in [0.25, 0.3) is 0 Å². The van der Waals surface area contributed by atoms with Crippen LogP contribution in [-0.4, -0.2) is 52.1 Å². The molecule has 1 aliphatic heterocycles. The Hall–Kier alpha value is -3.01. The smallest absolute Gasteiger partial charge is 0.229 e. The van der Waals surface area contributed by atoms with Gasteiger partial charge in [0.25, 0.3) is 0 Å². The van der Waals surface area contributed by atoms with Crippen LogP contribution in [0.2, 0.25) is 10.0 Å². The summed E-state index contributed by atoms with van der Waals surface area (Å²) in [6.07, 6.45) is 0. The summed E-state index contributed by atoms with van der Waals surface area (Å²) in [6, 6.07) is 13.5. The van der Waals surface area contributed by atoms with E-state index in [0.29, 0.717) is 40.7 Å². The van der Waals surface area contributed by atoms with Crippen LogP contribution >= 0.6 is 35.4 Å². The van der Waals surface area contributed by atoms with Crippen LogP contribution in [0.15, 0.2) is 53.5 Å². The number of aromatic nitrogens is 2. The Balaban J connectivity index is 1.54. The molecule has 3 aromatic rings. The summed E-state index contributed by atoms with van der Waals surface area (Å²) < 4.78 is 13.3. The summed E-state index contributed by atoms with van der Waals surface area (Å²) in [5.74, 6) is 0.715. The second-order valence-corrected chi connectivity index (χ2v) is 9.27. The summed E-state index contributed by atoms with van der Waals surface area (Å²) in [5.41, 5.74) is 3.26. The van der Waals surface area contributed by atoms with E-state index in [4.69, 9.17) is 35.4 Å². The number of aryl methyl sites for hydroxylation is 2. The number of hydrogen-bond donors (Lipinski definition) is 2. The lowest BCUT2D eigenvalue weighted by Crippen LogP contribution is -2.51. The highest BCUT2D eigenvalue weighted by Gasteiger charge is 2.22. The monoisotopic (exact) mass is 531 g/mol. The molecule has 1 fully saturated rings. The molecule has 0 spiro atoms. The first-order chi connectivity index (χ1) is 16.8. The Labute approximate surface area is 219 Å². The molecule has 0 saturated carbocycles. The topological polar surface area (TPSA) is 68.7 Å². The van der Waals surface area contributed by atoms with E-state index in [2.05, 4.69) is 35.4 Å². The molecule has 2 aromatic carbocycles. The number of nitrogens with zero attached hydrogens (tertiary/aromatic N) is 5. The molecule has 182 valence electrons. The van der Waals surface area contributed by atoms with Crippen molar-refractivity contribution in [3.05, 3.63) is 75.8 Å². The lowest BCUT2D eigenvalue weighted by atomic mass is 10.2. The van der Waals surface area contributed by atoms with Gasteiger partial charge in [-0.3, -0.25) is 5.32 Å². The van der Waals surface area contributed by atoms with E-state index < -0.39 is 0 Å². The van der Waals surface area contributed by atoms with Crippen molar-refractivity contribution in [2.75, 3.05) is 41.7 Å². The largest absolute Gasteiger partial charge is 0.368 e. The van der Waals surface area contributed by atoms with E-state index in [1.54, 1.807) is 30.3 Å². The fourth-order valence-electron chi connectivity index (χ4n) is 3.72. The molecule has 0 amide bonds. The molecule has 0 aliphatic carbocycles. The van der Waals surface area contributed by atoms with E-state index in [1.807, 2.05) is 19.9 Å². The Morgan fingerprint density at radius 2 is 1.60 bits per heavy atom. The van der Waals surface area contributed by atoms with Crippen molar-refractivity contribution in [1.82, 2.24) is 14.9 Å². The van der Waals surface area contributed by atoms with Gasteiger partial charge in [-0.05, 0) is 74.6 Å². The van der Waals surface area contributed by atoms with Gasteiger partial charge in [0, 0.05) is 48.3 Å². The number of guanidine groups is 1. The van der Waals surface area contributed by atoms with E-state index in [-0.39, 0.29) is 10.9 Å². The summed E-state index contributed by atoms with van der Waals surface area (Å²) in [4.78, 5) is 17.9. The Morgan fingerprint density at radius 3 is 2.23 bits per heavy atom. The number of nitrogens with one attached hydrogen (secondary N) is 2. The first kappa shape index (κ1) is 25.1. The van der Waals surface area contributed by atoms with Crippen molar-refractivity contribution < 1.29 is 4.39 Å². The first-order valence-corrected chi connectivity index (χ1v) is 12.1. The quantitative estimate of drug-likeness (QED) is 0.261. The summed E-state index contributed by atoms with van der Waals surface area (Å²) in [6.45, 7) is 6.60. The minimum Gasteiger partial charge on any atom is -0.368 e. The van der Waals surface area contributed by atoms with Crippen molar-refractivity contribution in [1.29, 1.82) is 0 Å². The Bertz CT molecular complexity index is 1220. The third-order valence-electron chi connectivity index (χ3n) is 5.36. The number of aliphatic imine (C=N–C) groups is 1. The average molecular weight is 532 g/mol. The molecule has 0 atom stereocenters. The highest BCUT2D eigenvalue weighted by molar-refractivity contribution is 7.80. The fourth-order valence-corrected chi connectivity index (χ4v) is 4.37. The van der Waals surface area contributed by atoms with Crippen LogP contribution in [0, 0.1) is 19.7 Å². The van der Waals surface area contributed by atoms with Gasteiger partial charge in [-0.1, -0.05) is 23.2 Å². The zero-order valence-electron chi connectivity index (χ0n) is 19.2. The molecule has 11 heteroatoms. The number of rotatable bonds is 3. The van der Waals surface area contributed by atoms with Crippen molar-refractivity contribution in [3.63, 3.8) is 0 Å². The van der Waals surface area contributed by atoms with Crippen LogP contribution in [0.4, 0.5) is 21.7 Å². The molecule has 0 unspecified atom stereocenters. The van der Waals surface area contributed by atoms with E-state index >= 15 is 0 Å². The second-order valence-electron chi connectivity index (χ2n) is 8.04. The number of piperazine rings is 1. The van der Waals surface area contributed by atoms with Gasteiger partial charge in [-0.25, -0.2) is 14.4 Å². The van der Waals surface area contributed by atoms with E-state index in [1.165, 1.54) is 12.1 Å². The molecule has 35 heavy (non-hydrogen) atoms. The molecule has 4 rings (SSSR count). The van der Waals surface area contributed by atoms with Gasteiger partial charge in [-0.15, -0.1) is 0 Å². The minimum atomic E-state index is -0.249. The lowest BCUT2D eigenvalue weighted by molar-refractivity contribution is 0.385. The number of benzene rings is 2. The molecular weight excluding hydrogens is 508 g/mol. The van der Waals surface area contributed by atoms with Crippen LogP contribution in [0.3, 0.4) is 0 Å². The average Bonchev–Trinajstić information content (AvgIpc) is 2.80. The zero-order chi connectivity index (χ0) is 24.9. The van der Waals surface area contributed by atoms with Crippen LogP contribution < -0.4 is 15.5 Å². The maximum Gasteiger partial charge on any atom is 0.229 e. The van der Waals surface area contributed by atoms with Crippen molar-refractivity contribution in [2.45, 2.75) is 13.8 Å². The standard InChI is InChI=1S/C24H24Cl2FN7S/c1-15-13-16(2)29-22(28-15)31-23(32-24(35)30-21-8-3-17(25)14-20(21)26)34-11-9-33(10-12-34)19-6-4-18(27)5-7-19/h3-8,13-14H,9-12H2,1-2H3,(H2,28,29,30,31,32,35). The van der Waals surface area contributed by atoms with Crippen molar-refractivity contribution in [2.24, 2.45) is 4.99 Å². The molecule has 0 radical (unpaired) electrons. The fraction of sp³-hybridized carbons (Fsp3) is 0.250. The Kier molecular flexibility index (Phi) is 8.00. The van der Waals surface area contributed by atoms with Gasteiger partial charge in [-0.2, -0.15) is 4.99 Å². The van der Waals surface area contributed by atoms with Gasteiger partial charge in [0.2, 0.25) is 17.0 Å². The van der Waals surface area contributed by atoms with Crippen LogP contribution in [0.1, 0.15) is 11.4 Å². The van der Waals surface area contributed by atoms with Crippen molar-refractivity contribution >= 4 is 63.8 Å². The van der Waals surface area contributed by atoms with E-state index in [9.17, 15) is 4.39 Å². The predicted molar refractivity (Wildman–Crippen MR) is 145 cm³/mol. The molecular formula is C24H24Cl2FN7S. The second kappa shape index (κ2) is 11.2. The van der Waals surface area contributed by atoms with Crippen LogP contribution in [0.5, 0.6) is 0 Å². The number of thiocarbonyl (C=S) groups is 1. The molecule has 0 bridgehead atoms. The number of halogens is 3. The van der Waals surface area contributed by atoms with Gasteiger partial charge >= 0.3 is 0 Å². The highest BCUT2D eigenvalue weighted by atomic mass is 35.5. The summed E-state index contributed by atoms with van der Waals surface area (Å²) >= 11 is 17.8. The third-order valence-corrected chi connectivity index (χ3v) is 6.10. The SMILES string of the molecule is Cc1cc(C)nc(N/C(=N/C(=S)Nc2ccc(Cl)cc2Cl)N2CCN(c3ccc(F)cc3)CC2)n1. The van der Waals surface area contributed by atoms with Crippen molar-refractivity contribution in [3.8, 4) is 0 Å². The maximum atomic E-state index is 13.3. The lowest BCUT2D eigenvalue weighted by Gasteiger charge is -2.37.